The molecule has 0 aliphatic rings. The smallest absolute Gasteiger partial charge is 0.119 e. The Hall–Kier alpha value is -1.49. The predicted octanol–water partition coefficient (Wildman–Crippen LogP) is 2.55. The van der Waals surface area contributed by atoms with E-state index in [9.17, 15) is 0 Å². The van der Waals surface area contributed by atoms with Crippen LogP contribution in [0.2, 0.25) is 0 Å². The van der Waals surface area contributed by atoms with E-state index in [1.807, 2.05) is 24.3 Å². The Bertz CT molecular complexity index is 284. The first kappa shape index (κ1) is 9.60. The van der Waals surface area contributed by atoms with Crippen molar-refractivity contribution in [3.63, 3.8) is 0 Å². The van der Waals surface area contributed by atoms with E-state index in [0.717, 1.165) is 17.7 Å². The molecule has 1 rings (SSSR count). The molecule has 0 heterocycles. The molecule has 0 bridgehead atoms. The summed E-state index contributed by atoms with van der Waals surface area (Å²) in [5.74, 6) is 0.838. The number of nitriles is 1. The first-order chi connectivity index (χ1) is 6.33. The summed E-state index contributed by atoms with van der Waals surface area (Å²) in [6.45, 7) is 4.37. The number of ether oxygens (including phenoxy) is 1. The molecule has 67 valence electrons. The number of hydrogen-bond donors (Lipinski definition) is 0. The second kappa shape index (κ2) is 5.21. The standard InChI is InChI=1S/C11H12NO/c1-10-4-6-11(7-5-10)13-9-3-2-8-12/h4-7H,1-3,9H2. The predicted molar refractivity (Wildman–Crippen MR) is 51.2 cm³/mol. The maximum Gasteiger partial charge on any atom is 0.119 e. The van der Waals surface area contributed by atoms with Crippen LogP contribution in [0.4, 0.5) is 0 Å². The first-order valence-electron chi connectivity index (χ1n) is 4.24. The van der Waals surface area contributed by atoms with E-state index < -0.39 is 0 Å². The van der Waals surface area contributed by atoms with Gasteiger partial charge < -0.3 is 4.74 Å². The molecular formula is C11H12NO. The van der Waals surface area contributed by atoms with Gasteiger partial charge in [0, 0.05) is 6.42 Å². The average Bonchev–Trinajstić information content (AvgIpc) is 2.15. The minimum atomic E-state index is 0.549. The molecule has 13 heavy (non-hydrogen) atoms. The molecule has 1 aromatic carbocycles. The number of benzene rings is 1. The molecule has 1 aromatic rings. The van der Waals surface area contributed by atoms with Crippen LogP contribution < -0.4 is 4.74 Å². The molecule has 0 N–H and O–H groups in total. The Morgan fingerprint density at radius 1 is 1.31 bits per heavy atom. The Labute approximate surface area is 78.8 Å². The Morgan fingerprint density at radius 3 is 2.62 bits per heavy atom. The van der Waals surface area contributed by atoms with Crippen LogP contribution in [-0.2, 0) is 0 Å². The van der Waals surface area contributed by atoms with Crippen molar-refractivity contribution in [1.82, 2.24) is 0 Å². The molecule has 0 amide bonds. The SMILES string of the molecule is [CH2]c1ccc(OCCCC#N)cc1. The van der Waals surface area contributed by atoms with Gasteiger partial charge in [0.1, 0.15) is 5.75 Å². The fraction of sp³-hybridized carbons (Fsp3) is 0.273. The summed E-state index contributed by atoms with van der Waals surface area (Å²) in [5, 5.41) is 8.29. The summed E-state index contributed by atoms with van der Waals surface area (Å²) in [6, 6.07) is 9.65. The highest BCUT2D eigenvalue weighted by Crippen LogP contribution is 2.11. The summed E-state index contributed by atoms with van der Waals surface area (Å²) >= 11 is 0. The molecule has 0 unspecified atom stereocenters. The van der Waals surface area contributed by atoms with E-state index in [1.54, 1.807) is 0 Å². The molecular weight excluding hydrogens is 162 g/mol. The van der Waals surface area contributed by atoms with Gasteiger partial charge in [-0.05, 0) is 31.0 Å². The van der Waals surface area contributed by atoms with Crippen molar-refractivity contribution < 1.29 is 4.74 Å². The van der Waals surface area contributed by atoms with E-state index in [0.29, 0.717) is 13.0 Å². The van der Waals surface area contributed by atoms with Crippen LogP contribution in [0.3, 0.4) is 0 Å². The Morgan fingerprint density at radius 2 is 2.00 bits per heavy atom. The van der Waals surface area contributed by atoms with E-state index in [-0.39, 0.29) is 0 Å². The lowest BCUT2D eigenvalue weighted by Gasteiger charge is -2.03. The molecule has 0 aliphatic heterocycles. The summed E-state index contributed by atoms with van der Waals surface area (Å²) in [5.41, 5.74) is 0.976. The molecule has 0 atom stereocenters. The third-order valence-electron chi connectivity index (χ3n) is 1.62. The second-order valence-electron chi connectivity index (χ2n) is 2.75. The van der Waals surface area contributed by atoms with Gasteiger partial charge in [0.05, 0.1) is 12.7 Å². The fourth-order valence-electron chi connectivity index (χ4n) is 0.927. The molecule has 0 aromatic heterocycles. The fourth-order valence-corrected chi connectivity index (χ4v) is 0.927. The highest BCUT2D eigenvalue weighted by molar-refractivity contribution is 5.28. The van der Waals surface area contributed by atoms with Crippen LogP contribution in [0.15, 0.2) is 24.3 Å². The van der Waals surface area contributed by atoms with E-state index >= 15 is 0 Å². The molecule has 0 saturated carbocycles. The van der Waals surface area contributed by atoms with Crippen molar-refractivity contribution in [2.75, 3.05) is 6.61 Å². The second-order valence-corrected chi connectivity index (χ2v) is 2.75. The molecule has 0 spiro atoms. The minimum Gasteiger partial charge on any atom is -0.494 e. The molecule has 1 radical (unpaired) electrons. The molecule has 0 saturated heterocycles. The zero-order valence-corrected chi connectivity index (χ0v) is 7.49. The van der Waals surface area contributed by atoms with Crippen molar-refractivity contribution in [1.29, 1.82) is 5.26 Å². The summed E-state index contributed by atoms with van der Waals surface area (Å²) in [6.07, 6.45) is 1.33. The summed E-state index contributed by atoms with van der Waals surface area (Å²) in [4.78, 5) is 0. The van der Waals surface area contributed by atoms with Crippen molar-refractivity contribution in [2.24, 2.45) is 0 Å². The first-order valence-corrected chi connectivity index (χ1v) is 4.24. The number of rotatable bonds is 4. The van der Waals surface area contributed by atoms with E-state index in [2.05, 4.69) is 13.0 Å². The molecule has 0 fully saturated rings. The van der Waals surface area contributed by atoms with Crippen LogP contribution in [0.25, 0.3) is 0 Å². The zero-order chi connectivity index (χ0) is 9.52. The van der Waals surface area contributed by atoms with Gasteiger partial charge in [0.25, 0.3) is 0 Å². The lowest BCUT2D eigenvalue weighted by molar-refractivity contribution is 0.312. The Kier molecular flexibility index (Phi) is 3.84. The van der Waals surface area contributed by atoms with E-state index in [1.165, 1.54) is 0 Å². The Balaban J connectivity index is 2.30. The van der Waals surface area contributed by atoms with Crippen LogP contribution in [-0.4, -0.2) is 6.61 Å². The summed E-state index contributed by atoms with van der Waals surface area (Å²) < 4.78 is 5.38. The highest BCUT2D eigenvalue weighted by Gasteiger charge is 1.92. The van der Waals surface area contributed by atoms with Gasteiger partial charge in [-0.2, -0.15) is 5.26 Å². The van der Waals surface area contributed by atoms with Gasteiger partial charge in [-0.3, -0.25) is 0 Å². The van der Waals surface area contributed by atoms with Gasteiger partial charge in [0.15, 0.2) is 0 Å². The maximum atomic E-state index is 8.29. The number of hydrogen-bond acceptors (Lipinski definition) is 2. The van der Waals surface area contributed by atoms with Gasteiger partial charge in [-0.25, -0.2) is 0 Å². The van der Waals surface area contributed by atoms with Crippen molar-refractivity contribution >= 4 is 0 Å². The van der Waals surface area contributed by atoms with Crippen molar-refractivity contribution in [3.8, 4) is 11.8 Å². The van der Waals surface area contributed by atoms with Gasteiger partial charge in [-0.1, -0.05) is 12.1 Å². The van der Waals surface area contributed by atoms with E-state index in [4.69, 9.17) is 10.00 Å². The van der Waals surface area contributed by atoms with Crippen molar-refractivity contribution in [3.05, 3.63) is 36.8 Å². The minimum absolute atomic E-state index is 0.549. The monoisotopic (exact) mass is 174 g/mol. The number of unbranched alkanes of at least 4 members (excludes halogenated alkanes) is 1. The lowest BCUT2D eigenvalue weighted by Crippen LogP contribution is -1.96. The van der Waals surface area contributed by atoms with Crippen LogP contribution >= 0.6 is 0 Å². The lowest BCUT2D eigenvalue weighted by atomic mass is 10.2. The zero-order valence-electron chi connectivity index (χ0n) is 7.49. The summed E-state index contributed by atoms with van der Waals surface area (Å²) in [7, 11) is 0. The van der Waals surface area contributed by atoms with Crippen LogP contribution in [0, 0.1) is 18.3 Å². The normalized spacial score (nSPS) is 9.23. The van der Waals surface area contributed by atoms with Crippen molar-refractivity contribution in [2.45, 2.75) is 12.8 Å². The third kappa shape index (κ3) is 3.62. The van der Waals surface area contributed by atoms with Gasteiger partial charge in [0.2, 0.25) is 0 Å². The topological polar surface area (TPSA) is 33.0 Å². The number of nitrogens with zero attached hydrogens (tertiary/aromatic N) is 1. The highest BCUT2D eigenvalue weighted by atomic mass is 16.5. The molecule has 2 nitrogen and oxygen atoms in total. The van der Waals surface area contributed by atoms with Gasteiger partial charge >= 0.3 is 0 Å². The average molecular weight is 174 g/mol. The quantitative estimate of drug-likeness (QED) is 0.657. The van der Waals surface area contributed by atoms with Crippen LogP contribution in [0.1, 0.15) is 18.4 Å². The largest absolute Gasteiger partial charge is 0.494 e. The van der Waals surface area contributed by atoms with Crippen LogP contribution in [0.5, 0.6) is 5.75 Å². The molecule has 0 aliphatic carbocycles. The third-order valence-corrected chi connectivity index (χ3v) is 1.62. The molecule has 2 heteroatoms. The maximum absolute atomic E-state index is 8.29. The van der Waals surface area contributed by atoms with Gasteiger partial charge in [-0.15, -0.1) is 0 Å².